The Morgan fingerprint density at radius 1 is 1.11 bits per heavy atom. The van der Waals surface area contributed by atoms with Crippen molar-refractivity contribution in [2.75, 3.05) is 29.9 Å². The minimum absolute atomic E-state index is 0.0158. The highest BCUT2D eigenvalue weighted by Crippen LogP contribution is 2.32. The molecule has 4 rings (SSSR count). The lowest BCUT2D eigenvalue weighted by atomic mass is 9.99. The van der Waals surface area contributed by atoms with Crippen LogP contribution in [0.5, 0.6) is 0 Å². The lowest BCUT2D eigenvalue weighted by Gasteiger charge is -2.35. The van der Waals surface area contributed by atoms with Gasteiger partial charge in [-0.15, -0.1) is 0 Å². The number of piperidine rings is 1. The second-order valence-corrected chi connectivity index (χ2v) is 7.71. The van der Waals surface area contributed by atoms with Gasteiger partial charge in [0.25, 0.3) is 0 Å². The van der Waals surface area contributed by atoms with E-state index in [1.54, 1.807) is 6.20 Å². The fraction of sp³-hybridized carbons (Fsp3) is 0.524. The van der Waals surface area contributed by atoms with Crippen LogP contribution < -0.4 is 10.2 Å². The number of benzene rings is 1. The summed E-state index contributed by atoms with van der Waals surface area (Å²) in [5.74, 6) is 0. The summed E-state index contributed by atoms with van der Waals surface area (Å²) in [6.07, 6.45) is 7.52. The molecule has 6 heteroatoms. The van der Waals surface area contributed by atoms with Crippen LogP contribution in [0.3, 0.4) is 0 Å². The molecule has 1 N–H and O–H groups in total. The zero-order chi connectivity index (χ0) is 18.8. The molecule has 2 amide bonds. The van der Waals surface area contributed by atoms with Crippen molar-refractivity contribution in [1.82, 2.24) is 14.7 Å². The Hall–Kier alpha value is -2.50. The summed E-state index contributed by atoms with van der Waals surface area (Å²) in [6, 6.07) is 8.46. The Morgan fingerprint density at radius 2 is 1.89 bits per heavy atom. The van der Waals surface area contributed by atoms with Gasteiger partial charge in [-0.3, -0.25) is 4.68 Å². The molecule has 2 saturated heterocycles. The molecule has 1 aromatic carbocycles. The fourth-order valence-electron chi connectivity index (χ4n) is 4.34. The molecule has 0 radical (unpaired) electrons. The number of amides is 2. The first kappa shape index (κ1) is 17.9. The first-order valence-electron chi connectivity index (χ1n) is 10.0. The normalized spacial score (nSPS) is 20.1. The van der Waals surface area contributed by atoms with E-state index in [1.165, 1.54) is 18.5 Å². The molecule has 27 heavy (non-hydrogen) atoms. The third-order valence-corrected chi connectivity index (χ3v) is 5.89. The molecular formula is C21H29N5O. The highest BCUT2D eigenvalue weighted by molar-refractivity contribution is 5.90. The summed E-state index contributed by atoms with van der Waals surface area (Å²) in [5, 5.41) is 7.43. The standard InChI is InChI=1S/C21H29N5O/c1-16-15-17(25-12-5-6-13-25)8-9-18(16)23-21(27)26-14-4-3-7-20(26)19-10-11-22-24(19)2/h8-11,15,20H,3-7,12-14H2,1-2H3,(H,23,27). The Labute approximate surface area is 161 Å². The molecular weight excluding hydrogens is 338 g/mol. The van der Waals surface area contributed by atoms with Crippen molar-refractivity contribution >= 4 is 17.4 Å². The van der Waals surface area contributed by atoms with Crippen molar-refractivity contribution in [2.24, 2.45) is 7.05 Å². The highest BCUT2D eigenvalue weighted by Gasteiger charge is 2.30. The maximum atomic E-state index is 13.1. The van der Waals surface area contributed by atoms with Gasteiger partial charge in [-0.1, -0.05) is 0 Å². The summed E-state index contributed by atoms with van der Waals surface area (Å²) in [7, 11) is 1.95. The van der Waals surface area contributed by atoms with E-state index >= 15 is 0 Å². The summed E-state index contributed by atoms with van der Waals surface area (Å²) >= 11 is 0. The zero-order valence-corrected chi connectivity index (χ0v) is 16.3. The van der Waals surface area contributed by atoms with E-state index in [-0.39, 0.29) is 12.1 Å². The van der Waals surface area contributed by atoms with E-state index in [0.29, 0.717) is 0 Å². The number of nitrogens with one attached hydrogen (secondary N) is 1. The van der Waals surface area contributed by atoms with E-state index in [4.69, 9.17) is 0 Å². The van der Waals surface area contributed by atoms with Crippen LogP contribution in [-0.2, 0) is 7.05 Å². The average molecular weight is 367 g/mol. The van der Waals surface area contributed by atoms with Gasteiger partial charge in [0.05, 0.1) is 11.7 Å². The molecule has 0 bridgehead atoms. The van der Waals surface area contributed by atoms with Gasteiger partial charge in [0.2, 0.25) is 0 Å². The molecule has 6 nitrogen and oxygen atoms in total. The van der Waals surface area contributed by atoms with Crippen molar-refractivity contribution < 1.29 is 4.79 Å². The van der Waals surface area contributed by atoms with Crippen LogP contribution in [0.1, 0.15) is 49.4 Å². The smallest absolute Gasteiger partial charge is 0.322 e. The monoisotopic (exact) mass is 367 g/mol. The largest absolute Gasteiger partial charge is 0.372 e. The maximum absolute atomic E-state index is 13.1. The third-order valence-electron chi connectivity index (χ3n) is 5.89. The van der Waals surface area contributed by atoms with E-state index in [2.05, 4.69) is 34.4 Å². The number of urea groups is 1. The van der Waals surface area contributed by atoms with Crippen LogP contribution in [0.4, 0.5) is 16.2 Å². The lowest BCUT2D eigenvalue weighted by Crippen LogP contribution is -2.41. The number of anilines is 2. The van der Waals surface area contributed by atoms with Crippen molar-refractivity contribution in [3.8, 4) is 0 Å². The van der Waals surface area contributed by atoms with Crippen LogP contribution >= 0.6 is 0 Å². The minimum Gasteiger partial charge on any atom is -0.372 e. The van der Waals surface area contributed by atoms with Crippen LogP contribution in [0.2, 0.25) is 0 Å². The second kappa shape index (κ2) is 7.62. The Kier molecular flexibility index (Phi) is 5.05. The number of hydrogen-bond acceptors (Lipinski definition) is 3. The SMILES string of the molecule is Cc1cc(N2CCCC2)ccc1NC(=O)N1CCCCC1c1ccnn1C. The third kappa shape index (κ3) is 3.66. The van der Waals surface area contributed by atoms with Crippen molar-refractivity contribution in [3.05, 3.63) is 41.7 Å². The fourth-order valence-corrected chi connectivity index (χ4v) is 4.34. The number of rotatable bonds is 3. The van der Waals surface area contributed by atoms with E-state index in [1.807, 2.05) is 28.8 Å². The van der Waals surface area contributed by atoms with E-state index in [0.717, 1.165) is 55.8 Å². The number of carbonyl (C=O) groups is 1. The second-order valence-electron chi connectivity index (χ2n) is 7.71. The molecule has 144 valence electrons. The Bertz CT molecular complexity index is 809. The molecule has 2 aliphatic heterocycles. The summed E-state index contributed by atoms with van der Waals surface area (Å²) < 4.78 is 1.88. The number of carbonyl (C=O) groups excluding carboxylic acids is 1. The molecule has 3 heterocycles. The molecule has 0 saturated carbocycles. The average Bonchev–Trinajstić information content (AvgIpc) is 3.35. The minimum atomic E-state index is -0.0158. The van der Waals surface area contributed by atoms with Crippen LogP contribution in [0.15, 0.2) is 30.5 Å². The molecule has 1 unspecified atom stereocenters. The molecule has 1 aromatic heterocycles. The number of nitrogens with zero attached hydrogens (tertiary/aromatic N) is 4. The molecule has 2 fully saturated rings. The van der Waals surface area contributed by atoms with Crippen molar-refractivity contribution in [1.29, 1.82) is 0 Å². The van der Waals surface area contributed by atoms with E-state index < -0.39 is 0 Å². The zero-order valence-electron chi connectivity index (χ0n) is 16.3. The number of aryl methyl sites for hydroxylation is 2. The Morgan fingerprint density at radius 3 is 2.59 bits per heavy atom. The lowest BCUT2D eigenvalue weighted by molar-refractivity contribution is 0.159. The maximum Gasteiger partial charge on any atom is 0.322 e. The Balaban J connectivity index is 1.49. The topological polar surface area (TPSA) is 53.4 Å². The van der Waals surface area contributed by atoms with Gasteiger partial charge in [-0.05, 0) is 68.9 Å². The first-order chi connectivity index (χ1) is 13.1. The van der Waals surface area contributed by atoms with Gasteiger partial charge in [-0.2, -0.15) is 5.10 Å². The first-order valence-corrected chi connectivity index (χ1v) is 10.0. The van der Waals surface area contributed by atoms with Gasteiger partial charge in [0.15, 0.2) is 0 Å². The molecule has 0 aliphatic carbocycles. The predicted octanol–water partition coefficient (Wildman–Crippen LogP) is 4.09. The van der Waals surface area contributed by atoms with Crippen molar-refractivity contribution in [2.45, 2.75) is 45.1 Å². The molecule has 2 aromatic rings. The summed E-state index contributed by atoms with van der Waals surface area (Å²) in [6.45, 7) is 5.12. The van der Waals surface area contributed by atoms with Crippen LogP contribution in [-0.4, -0.2) is 40.3 Å². The molecule has 2 aliphatic rings. The highest BCUT2D eigenvalue weighted by atomic mass is 16.2. The quantitative estimate of drug-likeness (QED) is 0.889. The van der Waals surface area contributed by atoms with Crippen molar-refractivity contribution in [3.63, 3.8) is 0 Å². The van der Waals surface area contributed by atoms with Gasteiger partial charge in [0.1, 0.15) is 0 Å². The number of hydrogen-bond donors (Lipinski definition) is 1. The van der Waals surface area contributed by atoms with Gasteiger partial charge in [0, 0.05) is 44.3 Å². The molecule has 1 atom stereocenters. The van der Waals surface area contributed by atoms with Gasteiger partial charge in [-0.25, -0.2) is 4.79 Å². The number of likely N-dealkylation sites (tertiary alicyclic amines) is 1. The van der Waals surface area contributed by atoms with E-state index in [9.17, 15) is 4.79 Å². The van der Waals surface area contributed by atoms with Crippen LogP contribution in [0, 0.1) is 6.92 Å². The number of aromatic nitrogens is 2. The summed E-state index contributed by atoms with van der Waals surface area (Å²) in [4.78, 5) is 17.4. The van der Waals surface area contributed by atoms with Gasteiger partial charge >= 0.3 is 6.03 Å². The summed E-state index contributed by atoms with van der Waals surface area (Å²) in [5.41, 5.74) is 4.37. The van der Waals surface area contributed by atoms with Gasteiger partial charge < -0.3 is 15.1 Å². The molecule has 0 spiro atoms. The predicted molar refractivity (Wildman–Crippen MR) is 108 cm³/mol. The van der Waals surface area contributed by atoms with Crippen LogP contribution in [0.25, 0.3) is 0 Å².